The molecule has 0 spiro atoms. The molecule has 0 saturated carbocycles. The van der Waals surface area contributed by atoms with Crippen molar-refractivity contribution in [3.05, 3.63) is 0 Å². The molecule has 48 valence electrons. The first-order chi connectivity index (χ1) is 3.62. The molecule has 2 nitrogen and oxygen atoms in total. The third kappa shape index (κ3) is 3.36. The summed E-state index contributed by atoms with van der Waals surface area (Å²) in [6.45, 7) is 0. The van der Waals surface area contributed by atoms with Gasteiger partial charge in [0.2, 0.25) is 10.9 Å². The van der Waals surface area contributed by atoms with Crippen LogP contribution in [0.25, 0.3) is 0 Å². The lowest BCUT2D eigenvalue weighted by Gasteiger charge is -2.12. The van der Waals surface area contributed by atoms with E-state index in [1.807, 2.05) is 0 Å². The van der Waals surface area contributed by atoms with Crippen LogP contribution in [0.1, 0.15) is 0 Å². The smallest absolute Gasteiger partial charge is 0.209 e. The first kappa shape index (κ1) is 8.34. The van der Waals surface area contributed by atoms with Gasteiger partial charge >= 0.3 is 0 Å². The topological polar surface area (TPSA) is 29.1 Å². The molecule has 0 fully saturated rings. The molecule has 0 aliphatic carbocycles. The van der Waals surface area contributed by atoms with Gasteiger partial charge in [-0.25, -0.2) is 0 Å². The molecule has 5 heteroatoms. The molecule has 1 N–H and O–H groups in total. The number of hydrogen-bond acceptors (Lipinski definition) is 1. The first-order valence-corrected chi connectivity index (χ1v) is 3.06. The van der Waals surface area contributed by atoms with Gasteiger partial charge in [-0.15, -0.1) is 11.6 Å². The van der Waals surface area contributed by atoms with Crippen molar-refractivity contribution in [3.63, 3.8) is 0 Å². The van der Waals surface area contributed by atoms with Crippen molar-refractivity contribution >= 4 is 41.2 Å². The lowest BCUT2D eigenvalue weighted by molar-refractivity contribution is -0.109. The SMILES string of the molecule is O=CNC(Cl)(Cl)CCl. The Morgan fingerprint density at radius 3 is 2.25 bits per heavy atom. The monoisotopic (exact) mass is 175 g/mol. The van der Waals surface area contributed by atoms with Crippen molar-refractivity contribution in [3.8, 4) is 0 Å². The molecule has 0 aromatic heterocycles. The van der Waals surface area contributed by atoms with Gasteiger partial charge in [0.1, 0.15) is 0 Å². The zero-order valence-corrected chi connectivity index (χ0v) is 6.09. The molecular weight excluding hydrogens is 172 g/mol. The standard InChI is InChI=1S/C3H4Cl3NO/c4-1-3(5,6)7-2-8/h2H,1H2,(H,7,8). The van der Waals surface area contributed by atoms with E-state index in [2.05, 4.69) is 5.32 Å². The van der Waals surface area contributed by atoms with Crippen LogP contribution >= 0.6 is 34.8 Å². The molecule has 0 rings (SSSR count). The maximum atomic E-state index is 9.64. The molecule has 0 aliphatic rings. The minimum Gasteiger partial charge on any atom is -0.327 e. The van der Waals surface area contributed by atoms with Crippen molar-refractivity contribution in [2.75, 3.05) is 5.88 Å². The summed E-state index contributed by atoms with van der Waals surface area (Å²) in [5.74, 6) is -0.0329. The summed E-state index contributed by atoms with van der Waals surface area (Å²) in [5, 5.41) is 2.09. The molecule has 0 heterocycles. The molecule has 1 amide bonds. The van der Waals surface area contributed by atoms with Gasteiger partial charge in [0.05, 0.1) is 5.88 Å². The van der Waals surface area contributed by atoms with E-state index in [4.69, 9.17) is 34.8 Å². The average molecular weight is 176 g/mol. The maximum Gasteiger partial charge on any atom is 0.209 e. The highest BCUT2D eigenvalue weighted by molar-refractivity contribution is 6.51. The zero-order chi connectivity index (χ0) is 6.62. The summed E-state index contributed by atoms with van der Waals surface area (Å²) in [6.07, 6.45) is 0.391. The Kier molecular flexibility index (Phi) is 3.53. The van der Waals surface area contributed by atoms with Crippen molar-refractivity contribution < 1.29 is 4.79 Å². The first-order valence-electron chi connectivity index (χ1n) is 1.77. The van der Waals surface area contributed by atoms with E-state index in [1.165, 1.54) is 0 Å². The fourth-order valence-corrected chi connectivity index (χ4v) is 0.291. The van der Waals surface area contributed by atoms with Crippen molar-refractivity contribution in [2.24, 2.45) is 0 Å². The van der Waals surface area contributed by atoms with E-state index >= 15 is 0 Å². The fourth-order valence-electron chi connectivity index (χ4n) is 0.125. The van der Waals surface area contributed by atoms with Crippen molar-refractivity contribution in [2.45, 2.75) is 4.46 Å². The molecule has 0 atom stereocenters. The number of halogens is 3. The quantitative estimate of drug-likeness (QED) is 0.389. The Morgan fingerprint density at radius 2 is 2.12 bits per heavy atom. The van der Waals surface area contributed by atoms with Crippen LogP contribution in [0.3, 0.4) is 0 Å². The lowest BCUT2D eigenvalue weighted by atomic mass is 10.7. The van der Waals surface area contributed by atoms with E-state index in [9.17, 15) is 4.79 Å². The Bertz CT molecular complexity index is 84.6. The van der Waals surface area contributed by atoms with E-state index in [1.54, 1.807) is 0 Å². The predicted octanol–water partition coefficient (Wildman–Crippen LogP) is 1.10. The molecule has 0 saturated heterocycles. The third-order valence-electron chi connectivity index (χ3n) is 0.438. The van der Waals surface area contributed by atoms with Gasteiger partial charge < -0.3 is 5.32 Å². The van der Waals surface area contributed by atoms with Gasteiger partial charge in [0.25, 0.3) is 0 Å². The predicted molar refractivity (Wildman–Crippen MR) is 34.4 cm³/mol. The fraction of sp³-hybridized carbons (Fsp3) is 0.667. The molecule has 0 aliphatic heterocycles. The highest BCUT2D eigenvalue weighted by Crippen LogP contribution is 2.16. The van der Waals surface area contributed by atoms with Gasteiger partial charge in [0, 0.05) is 0 Å². The Labute approximate surface area is 62.1 Å². The molecule has 0 aromatic carbocycles. The number of carbonyl (C=O) groups excluding carboxylic acids is 1. The zero-order valence-electron chi connectivity index (χ0n) is 3.83. The van der Waals surface area contributed by atoms with E-state index in [-0.39, 0.29) is 5.88 Å². The van der Waals surface area contributed by atoms with Gasteiger partial charge in [-0.1, -0.05) is 23.2 Å². The Balaban J connectivity index is 3.53. The summed E-state index contributed by atoms with van der Waals surface area (Å²) in [6, 6.07) is 0. The summed E-state index contributed by atoms with van der Waals surface area (Å²) < 4.78 is -1.32. The molecule has 0 unspecified atom stereocenters. The van der Waals surface area contributed by atoms with Crippen LogP contribution in [-0.2, 0) is 4.79 Å². The minimum atomic E-state index is -1.32. The van der Waals surface area contributed by atoms with E-state index in [0.29, 0.717) is 6.41 Å². The minimum absolute atomic E-state index is 0.0329. The second-order valence-corrected chi connectivity index (χ2v) is 2.85. The number of amides is 1. The van der Waals surface area contributed by atoms with Crippen LogP contribution in [0.5, 0.6) is 0 Å². The Morgan fingerprint density at radius 1 is 1.62 bits per heavy atom. The van der Waals surface area contributed by atoms with Crippen molar-refractivity contribution in [1.29, 1.82) is 0 Å². The summed E-state index contributed by atoms with van der Waals surface area (Å²) in [7, 11) is 0. The molecule has 0 radical (unpaired) electrons. The van der Waals surface area contributed by atoms with Crippen LogP contribution in [0, 0.1) is 0 Å². The van der Waals surface area contributed by atoms with E-state index in [0.717, 1.165) is 0 Å². The molecule has 0 bridgehead atoms. The molecular formula is C3H4Cl3NO. The van der Waals surface area contributed by atoms with Crippen LogP contribution in [0.15, 0.2) is 0 Å². The van der Waals surface area contributed by atoms with Crippen LogP contribution in [-0.4, -0.2) is 16.7 Å². The van der Waals surface area contributed by atoms with Crippen molar-refractivity contribution in [1.82, 2.24) is 5.32 Å². The maximum absolute atomic E-state index is 9.64. The van der Waals surface area contributed by atoms with Crippen LogP contribution in [0.2, 0.25) is 0 Å². The summed E-state index contributed by atoms with van der Waals surface area (Å²) in [4.78, 5) is 9.64. The number of alkyl halides is 3. The number of nitrogens with one attached hydrogen (secondary N) is 1. The number of rotatable bonds is 3. The van der Waals surface area contributed by atoms with Gasteiger partial charge in [0.15, 0.2) is 0 Å². The van der Waals surface area contributed by atoms with Crippen LogP contribution < -0.4 is 5.32 Å². The molecule has 0 aromatic rings. The van der Waals surface area contributed by atoms with Gasteiger partial charge in [-0.2, -0.15) is 0 Å². The van der Waals surface area contributed by atoms with Crippen LogP contribution in [0.4, 0.5) is 0 Å². The molecule has 8 heavy (non-hydrogen) atoms. The largest absolute Gasteiger partial charge is 0.327 e. The summed E-state index contributed by atoms with van der Waals surface area (Å²) >= 11 is 15.8. The van der Waals surface area contributed by atoms with E-state index < -0.39 is 4.46 Å². The highest BCUT2D eigenvalue weighted by Gasteiger charge is 2.19. The lowest BCUT2D eigenvalue weighted by Crippen LogP contribution is -2.34. The highest BCUT2D eigenvalue weighted by atomic mass is 35.5. The number of hydrogen-bond donors (Lipinski definition) is 1. The number of carbonyl (C=O) groups is 1. The van der Waals surface area contributed by atoms with Gasteiger partial charge in [-0.05, 0) is 0 Å². The van der Waals surface area contributed by atoms with Gasteiger partial charge in [-0.3, -0.25) is 4.79 Å². The third-order valence-corrected chi connectivity index (χ3v) is 1.60. The normalized spacial score (nSPS) is 10.9. The second-order valence-electron chi connectivity index (χ2n) is 1.10. The Hall–Kier alpha value is 0.340. The average Bonchev–Trinajstić information content (AvgIpc) is 1.67. The second kappa shape index (κ2) is 3.38. The summed E-state index contributed by atoms with van der Waals surface area (Å²) in [5.41, 5.74) is 0.